The third-order valence-electron chi connectivity index (χ3n) is 4.01. The molecule has 3 aromatic rings. The zero-order valence-electron chi connectivity index (χ0n) is 14.7. The third-order valence-corrected chi connectivity index (χ3v) is 5.17. The van der Waals surface area contributed by atoms with Gasteiger partial charge in [-0.05, 0) is 32.9 Å². The number of methoxy groups -OCH3 is 1. The van der Waals surface area contributed by atoms with E-state index in [4.69, 9.17) is 9.47 Å². The van der Waals surface area contributed by atoms with Gasteiger partial charge in [-0.15, -0.1) is 0 Å². The summed E-state index contributed by atoms with van der Waals surface area (Å²) in [7, 11) is 0.269. The molecule has 25 heavy (non-hydrogen) atoms. The highest BCUT2D eigenvalue weighted by Crippen LogP contribution is 2.27. The Balaban J connectivity index is 1.86. The van der Waals surface area contributed by atoms with Gasteiger partial charge in [-0.25, -0.2) is 4.98 Å². The molecular formula is C18H21N3O3S. The molecule has 1 aromatic carbocycles. The molecule has 6 nitrogen and oxygen atoms in total. The second-order valence-corrected chi connectivity index (χ2v) is 7.18. The molecule has 0 aliphatic carbocycles. The molecule has 0 fully saturated rings. The van der Waals surface area contributed by atoms with Crippen molar-refractivity contribution in [2.24, 2.45) is 0 Å². The maximum absolute atomic E-state index is 12.7. The van der Waals surface area contributed by atoms with Crippen molar-refractivity contribution in [2.75, 3.05) is 7.11 Å². The predicted octanol–water partition coefficient (Wildman–Crippen LogP) is 3.25. The number of fused-ring (bicyclic) bond motifs is 1. The molecule has 0 saturated heterocycles. The van der Waals surface area contributed by atoms with Gasteiger partial charge in [0.25, 0.3) is 0 Å². The molecule has 0 aliphatic heterocycles. The Bertz CT molecular complexity index is 890. The number of pyridine rings is 1. The lowest BCUT2D eigenvalue weighted by molar-refractivity contribution is -0.0391. The number of rotatable bonds is 6. The minimum Gasteiger partial charge on any atom is -0.465 e. The van der Waals surface area contributed by atoms with Crippen LogP contribution in [0, 0.1) is 13.8 Å². The molecule has 3 rings (SSSR count). The zero-order chi connectivity index (χ0) is 18.0. The summed E-state index contributed by atoms with van der Waals surface area (Å²) in [4.78, 5) is 12.0. The van der Waals surface area contributed by atoms with Crippen LogP contribution in [0.3, 0.4) is 0 Å². The lowest BCUT2D eigenvalue weighted by Gasteiger charge is -2.18. The Hall–Kier alpha value is -2.25. The SMILES string of the molecule is COC(C)Oc1c(C)cnc(CS(=O)c2nc3ccccc3[nH]2)c1C. The van der Waals surface area contributed by atoms with Gasteiger partial charge in [-0.3, -0.25) is 9.19 Å². The van der Waals surface area contributed by atoms with Gasteiger partial charge < -0.3 is 14.5 Å². The van der Waals surface area contributed by atoms with E-state index in [0.717, 1.165) is 33.6 Å². The number of nitrogens with zero attached hydrogens (tertiary/aromatic N) is 2. The van der Waals surface area contributed by atoms with E-state index >= 15 is 0 Å². The molecule has 132 valence electrons. The van der Waals surface area contributed by atoms with Gasteiger partial charge in [0.2, 0.25) is 0 Å². The van der Waals surface area contributed by atoms with E-state index in [9.17, 15) is 4.21 Å². The van der Waals surface area contributed by atoms with Crippen LogP contribution >= 0.6 is 0 Å². The number of aromatic nitrogens is 3. The Morgan fingerprint density at radius 2 is 2.04 bits per heavy atom. The first-order chi connectivity index (χ1) is 12.0. The van der Waals surface area contributed by atoms with Crippen LogP contribution < -0.4 is 4.74 Å². The first-order valence-corrected chi connectivity index (χ1v) is 9.29. The van der Waals surface area contributed by atoms with Crippen molar-refractivity contribution in [2.45, 2.75) is 38.0 Å². The van der Waals surface area contributed by atoms with Crippen molar-refractivity contribution in [1.29, 1.82) is 0 Å². The fourth-order valence-corrected chi connectivity index (χ4v) is 3.63. The molecule has 0 amide bonds. The van der Waals surface area contributed by atoms with Crippen molar-refractivity contribution in [3.63, 3.8) is 0 Å². The fraction of sp³-hybridized carbons (Fsp3) is 0.333. The summed E-state index contributed by atoms with van der Waals surface area (Å²) in [5.41, 5.74) is 4.19. The molecule has 0 saturated carbocycles. The standard InChI is InChI=1S/C18H21N3O3S/c1-11-9-19-16(12(2)17(11)24-13(3)23-4)10-25(22)18-20-14-7-5-6-8-15(14)21-18/h5-9,13H,10H2,1-4H3,(H,20,21). The lowest BCUT2D eigenvalue weighted by Crippen LogP contribution is -2.16. The summed E-state index contributed by atoms with van der Waals surface area (Å²) in [6.45, 7) is 5.67. The molecule has 2 aromatic heterocycles. The third kappa shape index (κ3) is 3.72. The number of H-pyrrole nitrogens is 1. The average Bonchev–Trinajstić information content (AvgIpc) is 3.05. The van der Waals surface area contributed by atoms with Crippen LogP contribution in [0.5, 0.6) is 5.75 Å². The smallest absolute Gasteiger partial charge is 0.197 e. The van der Waals surface area contributed by atoms with Crippen LogP contribution in [0.15, 0.2) is 35.6 Å². The van der Waals surface area contributed by atoms with Crippen LogP contribution in [-0.4, -0.2) is 32.6 Å². The number of aryl methyl sites for hydroxylation is 1. The van der Waals surface area contributed by atoms with E-state index in [1.165, 1.54) is 0 Å². The monoisotopic (exact) mass is 359 g/mol. The molecule has 1 N–H and O–H groups in total. The Morgan fingerprint density at radius 1 is 1.28 bits per heavy atom. The largest absolute Gasteiger partial charge is 0.465 e. The molecule has 0 bridgehead atoms. The minimum absolute atomic E-state index is 0.268. The van der Waals surface area contributed by atoms with Gasteiger partial charge in [0.1, 0.15) is 5.75 Å². The van der Waals surface area contributed by atoms with Crippen molar-refractivity contribution in [1.82, 2.24) is 15.0 Å². The zero-order valence-corrected chi connectivity index (χ0v) is 15.5. The van der Waals surface area contributed by atoms with Gasteiger partial charge in [0.15, 0.2) is 11.4 Å². The van der Waals surface area contributed by atoms with E-state index in [-0.39, 0.29) is 12.0 Å². The first-order valence-electron chi connectivity index (χ1n) is 7.97. The second kappa shape index (κ2) is 7.33. The number of para-hydroxylation sites is 2. The second-order valence-electron chi connectivity index (χ2n) is 5.81. The highest BCUT2D eigenvalue weighted by atomic mass is 32.2. The van der Waals surface area contributed by atoms with Crippen LogP contribution in [0.1, 0.15) is 23.7 Å². The number of imidazole rings is 1. The number of nitrogens with one attached hydrogen (secondary N) is 1. The van der Waals surface area contributed by atoms with Crippen molar-refractivity contribution in [3.05, 3.63) is 47.3 Å². The summed E-state index contributed by atoms with van der Waals surface area (Å²) >= 11 is 0. The van der Waals surface area contributed by atoms with Crippen LogP contribution in [0.25, 0.3) is 11.0 Å². The van der Waals surface area contributed by atoms with Crippen molar-refractivity contribution >= 4 is 21.8 Å². The molecular weight excluding hydrogens is 338 g/mol. The van der Waals surface area contributed by atoms with Crippen LogP contribution in [0.4, 0.5) is 0 Å². The predicted molar refractivity (Wildman–Crippen MR) is 97.0 cm³/mol. The van der Waals surface area contributed by atoms with Crippen LogP contribution in [0.2, 0.25) is 0 Å². The maximum Gasteiger partial charge on any atom is 0.197 e. The Labute approximate surface area is 149 Å². The lowest BCUT2D eigenvalue weighted by atomic mass is 10.1. The van der Waals surface area contributed by atoms with Crippen molar-refractivity contribution < 1.29 is 13.7 Å². The Kier molecular flexibility index (Phi) is 5.15. The first kappa shape index (κ1) is 17.6. The number of aromatic amines is 1. The van der Waals surface area contributed by atoms with Gasteiger partial charge in [-0.2, -0.15) is 0 Å². The topological polar surface area (TPSA) is 77.1 Å². The van der Waals surface area contributed by atoms with Gasteiger partial charge in [-0.1, -0.05) is 12.1 Å². The highest BCUT2D eigenvalue weighted by molar-refractivity contribution is 7.84. The fourth-order valence-electron chi connectivity index (χ4n) is 2.53. The Morgan fingerprint density at radius 3 is 2.76 bits per heavy atom. The molecule has 7 heteroatoms. The molecule has 0 spiro atoms. The van der Waals surface area contributed by atoms with E-state index < -0.39 is 10.8 Å². The minimum atomic E-state index is -1.32. The summed E-state index contributed by atoms with van der Waals surface area (Å²) in [5, 5.41) is 0.454. The molecule has 0 radical (unpaired) electrons. The average molecular weight is 359 g/mol. The van der Waals surface area contributed by atoms with E-state index in [1.807, 2.05) is 45.0 Å². The summed E-state index contributed by atoms with van der Waals surface area (Å²) in [6, 6.07) is 7.62. The van der Waals surface area contributed by atoms with Gasteiger partial charge in [0.05, 0.1) is 33.3 Å². The normalized spacial score (nSPS) is 13.8. The van der Waals surface area contributed by atoms with Crippen molar-refractivity contribution in [3.8, 4) is 5.75 Å². The number of benzene rings is 1. The summed E-state index contributed by atoms with van der Waals surface area (Å²) < 4.78 is 23.7. The highest BCUT2D eigenvalue weighted by Gasteiger charge is 2.17. The molecule has 0 aliphatic rings. The van der Waals surface area contributed by atoms with E-state index in [0.29, 0.717) is 5.16 Å². The van der Waals surface area contributed by atoms with Crippen LogP contribution in [-0.2, 0) is 21.3 Å². The number of hydrogen-bond donors (Lipinski definition) is 1. The quantitative estimate of drug-likeness (QED) is 0.684. The number of ether oxygens (including phenoxy) is 2. The molecule has 2 atom stereocenters. The summed E-state index contributed by atoms with van der Waals surface area (Å²) in [6.07, 6.45) is 1.36. The van der Waals surface area contributed by atoms with Gasteiger partial charge >= 0.3 is 0 Å². The molecule has 2 heterocycles. The number of hydrogen-bond acceptors (Lipinski definition) is 5. The maximum atomic E-state index is 12.7. The van der Waals surface area contributed by atoms with E-state index in [2.05, 4.69) is 15.0 Å². The van der Waals surface area contributed by atoms with Gasteiger partial charge in [0, 0.05) is 24.4 Å². The summed E-state index contributed by atoms with van der Waals surface area (Å²) in [5.74, 6) is 0.991. The molecule has 2 unspecified atom stereocenters. The van der Waals surface area contributed by atoms with E-state index in [1.54, 1.807) is 13.3 Å².